The topological polar surface area (TPSA) is 63.7 Å². The standard InChI is InChI=1S/C14H13NO4/c1-9(2)19-12(16)7-8-15-13(17)10-5-3-4-6-11(10)14(15)18/h3-6H,1,7-8H2,2H3. The molecule has 0 aromatic heterocycles. The number of allylic oxidation sites excluding steroid dienone is 1. The zero-order valence-corrected chi connectivity index (χ0v) is 10.5. The van der Waals surface area contributed by atoms with E-state index in [4.69, 9.17) is 4.74 Å². The van der Waals surface area contributed by atoms with E-state index in [2.05, 4.69) is 6.58 Å². The zero-order valence-electron chi connectivity index (χ0n) is 10.5. The molecule has 1 aliphatic heterocycles. The highest BCUT2D eigenvalue weighted by molar-refractivity contribution is 6.21. The number of hydrogen-bond donors (Lipinski definition) is 0. The lowest BCUT2D eigenvalue weighted by atomic mass is 10.1. The number of carbonyl (C=O) groups excluding carboxylic acids is 3. The average Bonchev–Trinajstić information content (AvgIpc) is 2.60. The molecule has 0 bridgehead atoms. The van der Waals surface area contributed by atoms with Gasteiger partial charge in [-0.3, -0.25) is 19.3 Å². The minimum absolute atomic E-state index is 0.0124. The molecule has 0 N–H and O–H groups in total. The Morgan fingerprint density at radius 2 is 1.74 bits per heavy atom. The van der Waals surface area contributed by atoms with Crippen molar-refractivity contribution in [3.8, 4) is 0 Å². The predicted molar refractivity (Wildman–Crippen MR) is 67.3 cm³/mol. The maximum atomic E-state index is 12.0. The summed E-state index contributed by atoms with van der Waals surface area (Å²) in [5, 5.41) is 0. The summed E-state index contributed by atoms with van der Waals surface area (Å²) in [6, 6.07) is 6.59. The lowest BCUT2D eigenvalue weighted by Gasteiger charge is -2.12. The van der Waals surface area contributed by atoms with Gasteiger partial charge in [-0.2, -0.15) is 0 Å². The van der Waals surface area contributed by atoms with Crippen molar-refractivity contribution >= 4 is 17.8 Å². The fourth-order valence-corrected chi connectivity index (χ4v) is 1.89. The van der Waals surface area contributed by atoms with Crippen LogP contribution in [0.4, 0.5) is 0 Å². The molecule has 0 saturated heterocycles. The van der Waals surface area contributed by atoms with Crippen molar-refractivity contribution in [3.63, 3.8) is 0 Å². The summed E-state index contributed by atoms with van der Waals surface area (Å²) >= 11 is 0. The summed E-state index contributed by atoms with van der Waals surface area (Å²) in [7, 11) is 0. The van der Waals surface area contributed by atoms with Gasteiger partial charge in [-0.15, -0.1) is 0 Å². The molecule has 0 unspecified atom stereocenters. The van der Waals surface area contributed by atoms with Crippen LogP contribution in [0.1, 0.15) is 34.1 Å². The number of amides is 2. The summed E-state index contributed by atoms with van der Waals surface area (Å²) in [5.41, 5.74) is 0.751. The molecule has 1 aliphatic rings. The van der Waals surface area contributed by atoms with Crippen LogP contribution < -0.4 is 0 Å². The second-order valence-corrected chi connectivity index (χ2v) is 4.23. The zero-order chi connectivity index (χ0) is 14.0. The van der Waals surface area contributed by atoms with E-state index >= 15 is 0 Å². The number of rotatable bonds is 4. The molecule has 2 amide bonds. The minimum Gasteiger partial charge on any atom is -0.432 e. The Morgan fingerprint density at radius 1 is 1.21 bits per heavy atom. The van der Waals surface area contributed by atoms with Crippen LogP contribution >= 0.6 is 0 Å². The highest BCUT2D eigenvalue weighted by Gasteiger charge is 2.35. The van der Waals surface area contributed by atoms with Crippen LogP contribution in [-0.2, 0) is 9.53 Å². The fourth-order valence-electron chi connectivity index (χ4n) is 1.89. The Labute approximate surface area is 110 Å². The molecule has 98 valence electrons. The molecule has 19 heavy (non-hydrogen) atoms. The van der Waals surface area contributed by atoms with E-state index in [1.807, 2.05) is 0 Å². The van der Waals surface area contributed by atoms with Gasteiger partial charge in [0.15, 0.2) is 0 Å². The average molecular weight is 259 g/mol. The van der Waals surface area contributed by atoms with E-state index in [9.17, 15) is 14.4 Å². The SMILES string of the molecule is C=C(C)OC(=O)CCN1C(=O)c2ccccc2C1=O. The Kier molecular flexibility index (Phi) is 3.46. The van der Waals surface area contributed by atoms with Crippen molar-refractivity contribution < 1.29 is 19.1 Å². The summed E-state index contributed by atoms with van der Waals surface area (Å²) in [6.07, 6.45) is -0.0433. The molecule has 0 radical (unpaired) electrons. The first-order valence-electron chi connectivity index (χ1n) is 5.82. The number of imide groups is 1. The van der Waals surface area contributed by atoms with Gasteiger partial charge >= 0.3 is 5.97 Å². The van der Waals surface area contributed by atoms with Gasteiger partial charge in [0.1, 0.15) is 0 Å². The maximum Gasteiger partial charge on any atom is 0.312 e. The van der Waals surface area contributed by atoms with Gasteiger partial charge in [-0.1, -0.05) is 18.7 Å². The van der Waals surface area contributed by atoms with E-state index in [1.54, 1.807) is 31.2 Å². The number of fused-ring (bicyclic) bond motifs is 1. The molecule has 2 rings (SSSR count). The molecule has 1 aromatic rings. The van der Waals surface area contributed by atoms with Gasteiger partial charge in [-0.05, 0) is 19.1 Å². The molecule has 0 spiro atoms. The minimum atomic E-state index is -0.510. The Hall–Kier alpha value is -2.43. The molecule has 1 aromatic carbocycles. The van der Waals surface area contributed by atoms with E-state index in [1.165, 1.54) is 0 Å². The molecule has 5 heteroatoms. The van der Waals surface area contributed by atoms with Gasteiger partial charge in [0, 0.05) is 6.54 Å². The highest BCUT2D eigenvalue weighted by Crippen LogP contribution is 2.22. The highest BCUT2D eigenvalue weighted by atomic mass is 16.5. The van der Waals surface area contributed by atoms with Gasteiger partial charge in [0.25, 0.3) is 11.8 Å². The van der Waals surface area contributed by atoms with Crippen LogP contribution in [0.25, 0.3) is 0 Å². The van der Waals surface area contributed by atoms with Crippen LogP contribution in [0, 0.1) is 0 Å². The summed E-state index contributed by atoms with van der Waals surface area (Å²) < 4.78 is 4.77. The lowest BCUT2D eigenvalue weighted by molar-refractivity contribution is -0.139. The summed E-state index contributed by atoms with van der Waals surface area (Å²) in [4.78, 5) is 36.4. The Bertz CT molecular complexity index is 542. The number of nitrogens with zero attached hydrogens (tertiary/aromatic N) is 1. The van der Waals surface area contributed by atoms with Crippen LogP contribution in [0.2, 0.25) is 0 Å². The van der Waals surface area contributed by atoms with E-state index in [-0.39, 0.29) is 30.5 Å². The molecule has 5 nitrogen and oxygen atoms in total. The smallest absolute Gasteiger partial charge is 0.312 e. The summed E-state index contributed by atoms with van der Waals surface area (Å²) in [5.74, 6) is -0.969. The van der Waals surface area contributed by atoms with E-state index in [0.29, 0.717) is 11.1 Å². The number of esters is 1. The van der Waals surface area contributed by atoms with Crippen molar-refractivity contribution in [2.24, 2.45) is 0 Å². The first-order valence-corrected chi connectivity index (χ1v) is 5.82. The summed E-state index contributed by atoms with van der Waals surface area (Å²) in [6.45, 7) is 5.01. The van der Waals surface area contributed by atoms with Gasteiger partial charge in [0.05, 0.1) is 23.3 Å². The molecule has 0 saturated carbocycles. The monoisotopic (exact) mass is 259 g/mol. The number of hydrogen-bond acceptors (Lipinski definition) is 4. The van der Waals surface area contributed by atoms with Crippen LogP contribution in [-0.4, -0.2) is 29.2 Å². The molecule has 0 aliphatic carbocycles. The van der Waals surface area contributed by atoms with Crippen molar-refractivity contribution in [1.29, 1.82) is 0 Å². The second kappa shape index (κ2) is 5.06. The normalized spacial score (nSPS) is 13.4. The van der Waals surface area contributed by atoms with Crippen molar-refractivity contribution in [3.05, 3.63) is 47.7 Å². The fraction of sp³-hybridized carbons (Fsp3) is 0.214. The second-order valence-electron chi connectivity index (χ2n) is 4.23. The van der Waals surface area contributed by atoms with Crippen molar-refractivity contribution in [2.45, 2.75) is 13.3 Å². The third-order valence-electron chi connectivity index (χ3n) is 2.71. The molecular weight excluding hydrogens is 246 g/mol. The molecular formula is C14H13NO4. The van der Waals surface area contributed by atoms with Crippen LogP contribution in [0.3, 0.4) is 0 Å². The predicted octanol–water partition coefficient (Wildman–Crippen LogP) is 1.75. The third kappa shape index (κ3) is 2.54. The van der Waals surface area contributed by atoms with Crippen molar-refractivity contribution in [1.82, 2.24) is 4.90 Å². The van der Waals surface area contributed by atoms with Gasteiger partial charge in [-0.25, -0.2) is 0 Å². The molecule has 1 heterocycles. The van der Waals surface area contributed by atoms with Crippen LogP contribution in [0.5, 0.6) is 0 Å². The number of benzene rings is 1. The number of ether oxygens (including phenoxy) is 1. The first-order chi connectivity index (χ1) is 9.00. The first kappa shape index (κ1) is 13.0. The number of carbonyl (C=O) groups is 3. The van der Waals surface area contributed by atoms with Crippen molar-refractivity contribution in [2.75, 3.05) is 6.54 Å². The molecule has 0 fully saturated rings. The largest absolute Gasteiger partial charge is 0.432 e. The quantitative estimate of drug-likeness (QED) is 0.469. The van der Waals surface area contributed by atoms with Gasteiger partial charge < -0.3 is 4.74 Å². The molecule has 0 atom stereocenters. The van der Waals surface area contributed by atoms with E-state index < -0.39 is 5.97 Å². The Morgan fingerprint density at radius 3 is 2.21 bits per heavy atom. The Balaban J connectivity index is 2.05. The van der Waals surface area contributed by atoms with E-state index in [0.717, 1.165) is 4.90 Å². The maximum absolute atomic E-state index is 12.0. The lowest BCUT2D eigenvalue weighted by Crippen LogP contribution is -2.32. The van der Waals surface area contributed by atoms with Crippen LogP contribution in [0.15, 0.2) is 36.6 Å². The van der Waals surface area contributed by atoms with Gasteiger partial charge in [0.2, 0.25) is 0 Å². The third-order valence-corrected chi connectivity index (χ3v) is 2.71.